The molecular weight excluding hydrogens is 427 g/mol. The highest BCUT2D eigenvalue weighted by atomic mass is 19.4. The van der Waals surface area contributed by atoms with Gasteiger partial charge in [0.2, 0.25) is 5.91 Å². The number of amides is 2. The topological polar surface area (TPSA) is 91.8 Å². The van der Waals surface area contributed by atoms with Crippen molar-refractivity contribution in [2.24, 2.45) is 5.41 Å². The average molecular weight is 457 g/mol. The maximum absolute atomic E-state index is 13.5. The minimum Gasteiger partial charge on any atom is -0.444 e. The van der Waals surface area contributed by atoms with Gasteiger partial charge in [0.15, 0.2) is 0 Å². The Bertz CT molecular complexity index is 882. The molecule has 1 aromatic heterocycles. The predicted octanol–water partition coefficient (Wildman–Crippen LogP) is 3.43. The fourth-order valence-electron chi connectivity index (χ4n) is 4.49. The Balaban J connectivity index is 1.74. The SMILES string of the molecule is CC(O)[C@]1(C(=O)N2CCc3ncc(C(F)(F)F)cc3C2)CC[C@@H](NC(=O)OC(C)(C)C)C1. The van der Waals surface area contributed by atoms with Crippen LogP contribution in [0.25, 0.3) is 0 Å². The molecule has 0 bridgehead atoms. The lowest BCUT2D eigenvalue weighted by molar-refractivity contribution is -0.149. The Morgan fingerprint density at radius 3 is 2.62 bits per heavy atom. The van der Waals surface area contributed by atoms with Crippen molar-refractivity contribution in [3.05, 3.63) is 29.1 Å². The van der Waals surface area contributed by atoms with Crippen LogP contribution in [0.15, 0.2) is 12.3 Å². The van der Waals surface area contributed by atoms with E-state index < -0.39 is 35.0 Å². The van der Waals surface area contributed by atoms with Gasteiger partial charge < -0.3 is 20.1 Å². The van der Waals surface area contributed by atoms with E-state index in [1.165, 1.54) is 11.8 Å². The first-order valence-corrected chi connectivity index (χ1v) is 10.7. The first-order chi connectivity index (χ1) is 14.7. The molecule has 10 heteroatoms. The second-order valence-electron chi connectivity index (χ2n) is 9.72. The van der Waals surface area contributed by atoms with Gasteiger partial charge in [0.05, 0.1) is 17.1 Å². The van der Waals surface area contributed by atoms with Gasteiger partial charge in [-0.1, -0.05) is 0 Å². The van der Waals surface area contributed by atoms with Crippen LogP contribution in [-0.2, 0) is 28.7 Å². The molecule has 2 aliphatic rings. The van der Waals surface area contributed by atoms with E-state index in [2.05, 4.69) is 10.3 Å². The van der Waals surface area contributed by atoms with Crippen molar-refractivity contribution in [1.82, 2.24) is 15.2 Å². The van der Waals surface area contributed by atoms with Crippen LogP contribution in [0.5, 0.6) is 0 Å². The van der Waals surface area contributed by atoms with Crippen molar-refractivity contribution in [3.8, 4) is 0 Å². The van der Waals surface area contributed by atoms with Gasteiger partial charge in [0, 0.05) is 37.4 Å². The number of carbonyl (C=O) groups is 2. The van der Waals surface area contributed by atoms with Crippen LogP contribution in [0.4, 0.5) is 18.0 Å². The molecule has 7 nitrogen and oxygen atoms in total. The standard InChI is InChI=1S/C22H30F3N3O4/c1-13(29)21(7-5-16(10-21)27-19(31)32-20(2,3)4)18(30)28-8-6-17-14(12-28)9-15(11-26-17)22(23,24)25/h9,11,13,16,29H,5-8,10,12H2,1-4H3,(H,27,31)/t13?,16-,21+/m1/s1. The third-order valence-electron chi connectivity index (χ3n) is 6.15. The molecule has 2 N–H and O–H groups in total. The van der Waals surface area contributed by atoms with E-state index in [1.807, 2.05) is 0 Å². The summed E-state index contributed by atoms with van der Waals surface area (Å²) >= 11 is 0. The summed E-state index contributed by atoms with van der Waals surface area (Å²) in [5.41, 5.74) is -1.72. The van der Waals surface area contributed by atoms with Crippen LogP contribution in [0.3, 0.4) is 0 Å². The maximum atomic E-state index is 13.5. The predicted molar refractivity (Wildman–Crippen MR) is 109 cm³/mol. The van der Waals surface area contributed by atoms with Crippen molar-refractivity contribution < 1.29 is 32.6 Å². The van der Waals surface area contributed by atoms with E-state index in [0.717, 1.165) is 12.3 Å². The molecule has 1 aliphatic carbocycles. The monoisotopic (exact) mass is 457 g/mol. The molecule has 178 valence electrons. The van der Waals surface area contributed by atoms with Gasteiger partial charge in [0.25, 0.3) is 0 Å². The number of aliphatic hydroxyl groups is 1. The van der Waals surface area contributed by atoms with Crippen LogP contribution in [0, 0.1) is 5.41 Å². The minimum absolute atomic E-state index is 0.00369. The van der Waals surface area contributed by atoms with Gasteiger partial charge in [-0.2, -0.15) is 13.2 Å². The van der Waals surface area contributed by atoms with Gasteiger partial charge >= 0.3 is 12.3 Å². The quantitative estimate of drug-likeness (QED) is 0.726. The number of nitrogens with one attached hydrogen (secondary N) is 1. The molecule has 3 atom stereocenters. The Morgan fingerprint density at radius 2 is 2.03 bits per heavy atom. The van der Waals surface area contributed by atoms with Gasteiger partial charge in [-0.05, 0) is 58.6 Å². The van der Waals surface area contributed by atoms with Crippen LogP contribution in [0.2, 0.25) is 0 Å². The molecule has 2 amide bonds. The summed E-state index contributed by atoms with van der Waals surface area (Å²) in [6, 6.07) is 0.692. The Labute approximate surface area is 185 Å². The number of carbonyl (C=O) groups excluding carboxylic acids is 2. The van der Waals surface area contributed by atoms with Gasteiger partial charge in [-0.3, -0.25) is 9.78 Å². The molecule has 1 aliphatic heterocycles. The number of alkyl carbamates (subject to hydrolysis) is 1. The summed E-state index contributed by atoms with van der Waals surface area (Å²) < 4.78 is 44.5. The lowest BCUT2D eigenvalue weighted by Gasteiger charge is -2.38. The summed E-state index contributed by atoms with van der Waals surface area (Å²) in [5, 5.41) is 13.3. The second-order valence-corrected chi connectivity index (χ2v) is 9.72. The normalized spacial score (nSPS) is 24.6. The summed E-state index contributed by atoms with van der Waals surface area (Å²) in [7, 11) is 0. The number of nitrogens with zero attached hydrogens (tertiary/aromatic N) is 2. The zero-order valence-electron chi connectivity index (χ0n) is 18.8. The van der Waals surface area contributed by atoms with Crippen LogP contribution >= 0.6 is 0 Å². The number of pyridine rings is 1. The maximum Gasteiger partial charge on any atom is 0.417 e. The first-order valence-electron chi connectivity index (χ1n) is 10.7. The van der Waals surface area contributed by atoms with Gasteiger partial charge in [-0.25, -0.2) is 4.79 Å². The Hall–Kier alpha value is -2.36. The van der Waals surface area contributed by atoms with Crippen molar-refractivity contribution in [3.63, 3.8) is 0 Å². The second kappa shape index (κ2) is 8.53. The molecule has 0 saturated heterocycles. The van der Waals surface area contributed by atoms with E-state index >= 15 is 0 Å². The molecule has 0 aromatic carbocycles. The minimum atomic E-state index is -4.51. The zero-order valence-corrected chi connectivity index (χ0v) is 18.8. The fourth-order valence-corrected chi connectivity index (χ4v) is 4.49. The number of halogens is 3. The van der Waals surface area contributed by atoms with Crippen molar-refractivity contribution in [1.29, 1.82) is 0 Å². The Kier molecular flexibility index (Phi) is 6.48. The van der Waals surface area contributed by atoms with E-state index in [1.54, 1.807) is 20.8 Å². The smallest absolute Gasteiger partial charge is 0.417 e. The summed E-state index contributed by atoms with van der Waals surface area (Å²) in [4.78, 5) is 31.0. The average Bonchev–Trinajstić information content (AvgIpc) is 3.09. The van der Waals surface area contributed by atoms with E-state index in [0.29, 0.717) is 37.1 Å². The fraction of sp³-hybridized carbons (Fsp3) is 0.682. The number of hydrogen-bond acceptors (Lipinski definition) is 5. The molecule has 0 spiro atoms. The van der Waals surface area contributed by atoms with Crippen LogP contribution in [-0.4, -0.2) is 51.3 Å². The molecule has 32 heavy (non-hydrogen) atoms. The van der Waals surface area contributed by atoms with Crippen LogP contribution in [0.1, 0.15) is 63.8 Å². The van der Waals surface area contributed by atoms with Crippen molar-refractivity contribution in [2.75, 3.05) is 6.54 Å². The molecule has 1 unspecified atom stereocenters. The molecular formula is C22H30F3N3O4. The summed E-state index contributed by atoms with van der Waals surface area (Å²) in [6.07, 6.45) is -3.86. The van der Waals surface area contributed by atoms with E-state index in [9.17, 15) is 27.9 Å². The molecule has 3 rings (SSSR count). The molecule has 2 heterocycles. The number of aromatic nitrogens is 1. The highest BCUT2D eigenvalue weighted by Crippen LogP contribution is 2.44. The molecule has 0 radical (unpaired) electrons. The largest absolute Gasteiger partial charge is 0.444 e. The van der Waals surface area contributed by atoms with Crippen LogP contribution < -0.4 is 5.32 Å². The Morgan fingerprint density at radius 1 is 1.34 bits per heavy atom. The summed E-state index contributed by atoms with van der Waals surface area (Å²) in [6.45, 7) is 7.09. The zero-order chi connectivity index (χ0) is 23.9. The highest BCUT2D eigenvalue weighted by molar-refractivity contribution is 5.84. The van der Waals surface area contributed by atoms with Gasteiger partial charge in [0.1, 0.15) is 5.60 Å². The van der Waals surface area contributed by atoms with E-state index in [-0.39, 0.29) is 24.9 Å². The molecule has 1 saturated carbocycles. The number of ether oxygens (including phenoxy) is 1. The summed E-state index contributed by atoms with van der Waals surface area (Å²) in [5.74, 6) is -0.316. The third-order valence-corrected chi connectivity index (χ3v) is 6.15. The molecule has 1 fully saturated rings. The van der Waals surface area contributed by atoms with Crippen molar-refractivity contribution in [2.45, 2.75) is 83.8 Å². The van der Waals surface area contributed by atoms with Gasteiger partial charge in [-0.15, -0.1) is 0 Å². The number of aliphatic hydroxyl groups excluding tert-OH is 1. The highest BCUT2D eigenvalue weighted by Gasteiger charge is 2.51. The number of fused-ring (bicyclic) bond motifs is 1. The van der Waals surface area contributed by atoms with E-state index in [4.69, 9.17) is 4.74 Å². The number of rotatable bonds is 3. The third kappa shape index (κ3) is 5.16. The lowest BCUT2D eigenvalue weighted by atomic mass is 9.78. The number of hydrogen-bond donors (Lipinski definition) is 2. The molecule has 1 aromatic rings. The van der Waals surface area contributed by atoms with Crippen molar-refractivity contribution >= 4 is 12.0 Å². The number of alkyl halides is 3. The lowest BCUT2D eigenvalue weighted by Crippen LogP contribution is -2.50. The first kappa shape index (κ1) is 24.3.